The summed E-state index contributed by atoms with van der Waals surface area (Å²) in [5.41, 5.74) is 1.23. The van der Waals surface area contributed by atoms with E-state index in [0.717, 1.165) is 38.0 Å². The fourth-order valence-corrected chi connectivity index (χ4v) is 2.77. The van der Waals surface area contributed by atoms with Crippen LogP contribution in [-0.2, 0) is 0 Å². The van der Waals surface area contributed by atoms with Gasteiger partial charge in [-0.05, 0) is 31.5 Å². The highest BCUT2D eigenvalue weighted by molar-refractivity contribution is 5.93. The number of aromatic nitrogens is 2. The quantitative estimate of drug-likeness (QED) is 0.873. The fraction of sp³-hybridized carbons (Fsp3) is 0.438. The summed E-state index contributed by atoms with van der Waals surface area (Å²) < 4.78 is 5.32. The fourth-order valence-electron chi connectivity index (χ4n) is 2.77. The van der Waals surface area contributed by atoms with E-state index in [1.807, 2.05) is 17.0 Å². The van der Waals surface area contributed by atoms with Gasteiger partial charge in [0.2, 0.25) is 0 Å². The van der Waals surface area contributed by atoms with Gasteiger partial charge in [0, 0.05) is 43.2 Å². The first kappa shape index (κ1) is 20.4. The van der Waals surface area contributed by atoms with E-state index < -0.39 is 0 Å². The minimum Gasteiger partial charge on any atom is -0.355 e. The summed E-state index contributed by atoms with van der Waals surface area (Å²) in [6.07, 6.45) is 5.29. The SMILES string of the molecule is CCCN(C(=O)c1cc(-c2ccncc2)on1)C1CCNC1.Cl.Cl. The number of hydrogen-bond donors (Lipinski definition) is 1. The Bertz CT molecular complexity index is 630. The first-order valence-electron chi connectivity index (χ1n) is 7.68. The third-order valence-electron chi connectivity index (χ3n) is 3.89. The van der Waals surface area contributed by atoms with E-state index in [2.05, 4.69) is 22.4 Å². The highest BCUT2D eigenvalue weighted by Crippen LogP contribution is 2.21. The van der Waals surface area contributed by atoms with E-state index >= 15 is 0 Å². The summed E-state index contributed by atoms with van der Waals surface area (Å²) >= 11 is 0. The Kier molecular flexibility index (Phi) is 8.18. The van der Waals surface area contributed by atoms with Crippen molar-refractivity contribution in [1.29, 1.82) is 0 Å². The lowest BCUT2D eigenvalue weighted by atomic mass is 10.1. The van der Waals surface area contributed by atoms with E-state index in [1.165, 1.54) is 0 Å². The molecule has 0 aromatic carbocycles. The molecule has 0 bridgehead atoms. The van der Waals surface area contributed by atoms with E-state index in [-0.39, 0.29) is 36.8 Å². The Hall–Kier alpha value is -1.63. The van der Waals surface area contributed by atoms with Crippen molar-refractivity contribution in [2.24, 2.45) is 0 Å². The molecule has 0 radical (unpaired) electrons. The maximum Gasteiger partial charge on any atom is 0.276 e. The molecule has 0 saturated carbocycles. The number of nitrogens with one attached hydrogen (secondary N) is 1. The highest BCUT2D eigenvalue weighted by Gasteiger charge is 2.28. The molecule has 8 heteroatoms. The molecule has 1 aliphatic heterocycles. The van der Waals surface area contributed by atoms with Crippen molar-refractivity contribution < 1.29 is 9.32 Å². The molecule has 1 saturated heterocycles. The van der Waals surface area contributed by atoms with Crippen LogP contribution in [0.25, 0.3) is 11.3 Å². The number of rotatable bonds is 5. The number of pyridine rings is 1. The van der Waals surface area contributed by atoms with Crippen molar-refractivity contribution in [2.45, 2.75) is 25.8 Å². The maximum absolute atomic E-state index is 12.7. The summed E-state index contributed by atoms with van der Waals surface area (Å²) in [5.74, 6) is 0.534. The number of amides is 1. The zero-order chi connectivity index (χ0) is 15.4. The van der Waals surface area contributed by atoms with Gasteiger partial charge in [-0.2, -0.15) is 0 Å². The predicted octanol–water partition coefficient (Wildman–Crippen LogP) is 2.79. The number of hydrogen-bond acceptors (Lipinski definition) is 5. The molecule has 1 aliphatic rings. The van der Waals surface area contributed by atoms with Gasteiger partial charge in [0.15, 0.2) is 11.5 Å². The molecule has 132 valence electrons. The second kappa shape index (κ2) is 9.61. The van der Waals surface area contributed by atoms with Gasteiger partial charge in [-0.25, -0.2) is 0 Å². The number of carbonyl (C=O) groups excluding carboxylic acids is 1. The number of nitrogens with zero attached hydrogens (tertiary/aromatic N) is 3. The molecule has 2 aromatic heterocycles. The zero-order valence-electron chi connectivity index (χ0n) is 13.5. The molecule has 0 spiro atoms. The van der Waals surface area contributed by atoms with Crippen molar-refractivity contribution >= 4 is 30.7 Å². The summed E-state index contributed by atoms with van der Waals surface area (Å²) in [5, 5.41) is 7.26. The van der Waals surface area contributed by atoms with Crippen LogP contribution in [0.4, 0.5) is 0 Å². The van der Waals surface area contributed by atoms with Crippen LogP contribution in [0.1, 0.15) is 30.3 Å². The standard InChI is InChI=1S/C16H20N4O2.2ClH/c1-2-9-20(13-5-8-18-11-13)16(21)14-10-15(22-19-14)12-3-6-17-7-4-12;;/h3-4,6-7,10,13,18H,2,5,8-9,11H2,1H3;2*1H. The van der Waals surface area contributed by atoms with Gasteiger partial charge in [-0.15, -0.1) is 24.8 Å². The Balaban J connectivity index is 0.00000144. The van der Waals surface area contributed by atoms with Gasteiger partial charge in [-0.1, -0.05) is 12.1 Å². The summed E-state index contributed by atoms with van der Waals surface area (Å²) in [6.45, 7) is 4.62. The Morgan fingerprint density at radius 1 is 1.38 bits per heavy atom. The van der Waals surface area contributed by atoms with Crippen molar-refractivity contribution in [3.05, 3.63) is 36.3 Å². The second-order valence-corrected chi connectivity index (χ2v) is 5.46. The van der Waals surface area contributed by atoms with Crippen LogP contribution in [0.3, 0.4) is 0 Å². The lowest BCUT2D eigenvalue weighted by Crippen LogP contribution is -2.42. The Morgan fingerprint density at radius 2 is 2.12 bits per heavy atom. The van der Waals surface area contributed by atoms with E-state index in [9.17, 15) is 4.79 Å². The smallest absolute Gasteiger partial charge is 0.276 e. The van der Waals surface area contributed by atoms with E-state index in [4.69, 9.17) is 4.52 Å². The van der Waals surface area contributed by atoms with Crippen molar-refractivity contribution in [3.8, 4) is 11.3 Å². The second-order valence-electron chi connectivity index (χ2n) is 5.46. The first-order chi connectivity index (χ1) is 10.8. The van der Waals surface area contributed by atoms with E-state index in [0.29, 0.717) is 11.5 Å². The molecular weight excluding hydrogens is 351 g/mol. The van der Waals surface area contributed by atoms with Crippen LogP contribution in [0.2, 0.25) is 0 Å². The largest absolute Gasteiger partial charge is 0.355 e. The van der Waals surface area contributed by atoms with Crippen molar-refractivity contribution in [2.75, 3.05) is 19.6 Å². The molecule has 2 aromatic rings. The predicted molar refractivity (Wildman–Crippen MR) is 96.8 cm³/mol. The van der Waals surface area contributed by atoms with Crippen LogP contribution >= 0.6 is 24.8 Å². The van der Waals surface area contributed by atoms with Crippen LogP contribution in [0.5, 0.6) is 0 Å². The molecule has 0 aliphatic carbocycles. The average Bonchev–Trinajstić information content (AvgIpc) is 3.24. The van der Waals surface area contributed by atoms with Crippen molar-refractivity contribution in [1.82, 2.24) is 20.4 Å². The monoisotopic (exact) mass is 372 g/mol. The molecule has 1 amide bonds. The summed E-state index contributed by atoms with van der Waals surface area (Å²) in [4.78, 5) is 18.6. The minimum atomic E-state index is -0.0559. The Morgan fingerprint density at radius 3 is 2.75 bits per heavy atom. The molecule has 1 unspecified atom stereocenters. The van der Waals surface area contributed by atoms with Gasteiger partial charge >= 0.3 is 0 Å². The lowest BCUT2D eigenvalue weighted by molar-refractivity contribution is 0.0681. The van der Waals surface area contributed by atoms with Crippen LogP contribution in [0.15, 0.2) is 35.1 Å². The van der Waals surface area contributed by atoms with Crippen LogP contribution in [-0.4, -0.2) is 46.6 Å². The molecule has 24 heavy (non-hydrogen) atoms. The van der Waals surface area contributed by atoms with Crippen molar-refractivity contribution in [3.63, 3.8) is 0 Å². The summed E-state index contributed by atoms with van der Waals surface area (Å²) in [7, 11) is 0. The summed E-state index contributed by atoms with van der Waals surface area (Å²) in [6, 6.07) is 5.62. The van der Waals surface area contributed by atoms with Crippen LogP contribution in [0, 0.1) is 0 Å². The maximum atomic E-state index is 12.7. The van der Waals surface area contributed by atoms with Gasteiger partial charge in [-0.3, -0.25) is 9.78 Å². The number of carbonyl (C=O) groups is 1. The zero-order valence-corrected chi connectivity index (χ0v) is 15.1. The third-order valence-corrected chi connectivity index (χ3v) is 3.89. The third kappa shape index (κ3) is 4.47. The lowest BCUT2D eigenvalue weighted by Gasteiger charge is -2.27. The number of halogens is 2. The van der Waals surface area contributed by atoms with Gasteiger partial charge in [0.05, 0.1) is 0 Å². The highest BCUT2D eigenvalue weighted by atomic mass is 35.5. The molecule has 3 rings (SSSR count). The van der Waals surface area contributed by atoms with Gasteiger partial charge in [0.25, 0.3) is 5.91 Å². The molecule has 1 N–H and O–H groups in total. The minimum absolute atomic E-state index is 0. The molecule has 3 heterocycles. The molecule has 6 nitrogen and oxygen atoms in total. The van der Waals surface area contributed by atoms with Crippen LogP contribution < -0.4 is 5.32 Å². The average molecular weight is 373 g/mol. The molecule has 1 fully saturated rings. The van der Waals surface area contributed by atoms with Gasteiger partial charge < -0.3 is 14.7 Å². The molecule has 1 atom stereocenters. The Labute approximate surface area is 153 Å². The molecular formula is C16H22Cl2N4O2. The normalized spacial score (nSPS) is 16.1. The van der Waals surface area contributed by atoms with Gasteiger partial charge in [0.1, 0.15) is 0 Å². The first-order valence-corrected chi connectivity index (χ1v) is 7.68. The van der Waals surface area contributed by atoms with E-state index in [1.54, 1.807) is 18.5 Å². The topological polar surface area (TPSA) is 71.3 Å².